The van der Waals surface area contributed by atoms with Crippen LogP contribution in [0.4, 0.5) is 17.1 Å². The van der Waals surface area contributed by atoms with Gasteiger partial charge in [-0.15, -0.1) is 0 Å². The number of rotatable bonds is 5. The lowest BCUT2D eigenvalue weighted by atomic mass is 10.1. The van der Waals surface area contributed by atoms with Gasteiger partial charge in [0.15, 0.2) is 0 Å². The van der Waals surface area contributed by atoms with Gasteiger partial charge in [-0.05, 0) is 48.7 Å². The molecule has 0 atom stereocenters. The highest BCUT2D eigenvalue weighted by Gasteiger charge is 2.01. The molecule has 3 N–H and O–H groups in total. The molecule has 0 aliphatic carbocycles. The van der Waals surface area contributed by atoms with E-state index in [1.165, 1.54) is 18.4 Å². The smallest absolute Gasteiger partial charge is 0.0618 e. The largest absolute Gasteiger partial charge is 0.397 e. The van der Waals surface area contributed by atoms with Gasteiger partial charge in [0.25, 0.3) is 0 Å². The average Bonchev–Trinajstić information content (AvgIpc) is 2.41. The first-order chi connectivity index (χ1) is 9.19. The lowest BCUT2D eigenvalue weighted by Gasteiger charge is -2.10. The van der Waals surface area contributed by atoms with Crippen molar-refractivity contribution in [1.29, 1.82) is 0 Å². The summed E-state index contributed by atoms with van der Waals surface area (Å²) in [6, 6.07) is 13.9. The van der Waals surface area contributed by atoms with Crippen LogP contribution in [0.1, 0.15) is 25.3 Å². The Hall–Kier alpha value is -1.67. The molecule has 100 valence electrons. The fraction of sp³-hybridized carbons (Fsp3) is 0.250. The third-order valence-corrected chi connectivity index (χ3v) is 3.30. The number of halogens is 1. The summed E-state index contributed by atoms with van der Waals surface area (Å²) in [6.45, 7) is 2.21. The van der Waals surface area contributed by atoms with Crippen LogP contribution in [0.5, 0.6) is 0 Å². The molecule has 19 heavy (non-hydrogen) atoms. The third kappa shape index (κ3) is 3.90. The number of nitrogens with one attached hydrogen (secondary N) is 1. The first kappa shape index (κ1) is 13.8. The van der Waals surface area contributed by atoms with E-state index in [1.54, 1.807) is 6.07 Å². The number of aryl methyl sites for hydroxylation is 1. The predicted octanol–water partition coefficient (Wildman–Crippen LogP) is 5.01. The molecule has 0 fully saturated rings. The van der Waals surface area contributed by atoms with Crippen LogP contribution >= 0.6 is 11.6 Å². The van der Waals surface area contributed by atoms with Gasteiger partial charge in [0, 0.05) is 10.7 Å². The fourth-order valence-corrected chi connectivity index (χ4v) is 2.12. The summed E-state index contributed by atoms with van der Waals surface area (Å²) in [5.74, 6) is 0. The van der Waals surface area contributed by atoms with E-state index in [0.717, 1.165) is 17.8 Å². The Morgan fingerprint density at radius 2 is 1.84 bits per heavy atom. The van der Waals surface area contributed by atoms with Gasteiger partial charge >= 0.3 is 0 Å². The highest BCUT2D eigenvalue weighted by atomic mass is 35.5. The van der Waals surface area contributed by atoms with Gasteiger partial charge in [0.05, 0.1) is 11.4 Å². The van der Waals surface area contributed by atoms with Crippen molar-refractivity contribution in [1.82, 2.24) is 0 Å². The normalized spacial score (nSPS) is 10.4. The number of hydrogen-bond donors (Lipinski definition) is 2. The number of nitrogens with two attached hydrogens (primary N) is 1. The Bertz CT molecular complexity index is 535. The molecule has 2 aromatic carbocycles. The minimum Gasteiger partial charge on any atom is -0.397 e. The summed E-state index contributed by atoms with van der Waals surface area (Å²) in [7, 11) is 0. The van der Waals surface area contributed by atoms with E-state index in [-0.39, 0.29) is 0 Å². The molecule has 0 spiro atoms. The van der Waals surface area contributed by atoms with Crippen LogP contribution in [-0.4, -0.2) is 0 Å². The second-order valence-electron chi connectivity index (χ2n) is 4.66. The molecule has 3 heteroatoms. The van der Waals surface area contributed by atoms with Crippen LogP contribution in [0.2, 0.25) is 5.02 Å². The maximum absolute atomic E-state index is 5.92. The molecule has 2 nitrogen and oxygen atoms in total. The zero-order chi connectivity index (χ0) is 13.7. The van der Waals surface area contributed by atoms with Gasteiger partial charge in [-0.3, -0.25) is 0 Å². The molecule has 0 aliphatic rings. The SMILES string of the molecule is CCCCc1ccc(Nc2ccc(Cl)cc2N)cc1. The summed E-state index contributed by atoms with van der Waals surface area (Å²) >= 11 is 5.88. The highest BCUT2D eigenvalue weighted by Crippen LogP contribution is 2.26. The summed E-state index contributed by atoms with van der Waals surface area (Å²) in [5, 5.41) is 3.95. The van der Waals surface area contributed by atoms with Gasteiger partial charge in [-0.1, -0.05) is 37.1 Å². The zero-order valence-electron chi connectivity index (χ0n) is 11.1. The van der Waals surface area contributed by atoms with Crippen LogP contribution in [0.15, 0.2) is 42.5 Å². The van der Waals surface area contributed by atoms with Gasteiger partial charge in [0.2, 0.25) is 0 Å². The minimum atomic E-state index is 0.651. The van der Waals surface area contributed by atoms with Crippen LogP contribution in [0, 0.1) is 0 Å². The van der Waals surface area contributed by atoms with Crippen LogP contribution in [0.25, 0.3) is 0 Å². The second kappa shape index (κ2) is 6.48. The van der Waals surface area contributed by atoms with Crippen LogP contribution in [0.3, 0.4) is 0 Å². The number of benzene rings is 2. The van der Waals surface area contributed by atoms with E-state index in [9.17, 15) is 0 Å². The molecule has 2 aromatic rings. The van der Waals surface area contributed by atoms with Crippen molar-refractivity contribution in [3.8, 4) is 0 Å². The Kier molecular flexibility index (Phi) is 4.69. The first-order valence-electron chi connectivity index (χ1n) is 6.60. The molecule has 0 aromatic heterocycles. The summed E-state index contributed by atoms with van der Waals surface area (Å²) in [6.07, 6.45) is 3.60. The molecule has 0 amide bonds. The molecule has 0 bridgehead atoms. The average molecular weight is 275 g/mol. The summed E-state index contributed by atoms with van der Waals surface area (Å²) in [4.78, 5) is 0. The molecule has 0 saturated carbocycles. The quantitative estimate of drug-likeness (QED) is 0.752. The molecule has 0 radical (unpaired) electrons. The van der Waals surface area contributed by atoms with Crippen molar-refractivity contribution in [3.05, 3.63) is 53.1 Å². The Morgan fingerprint density at radius 3 is 2.47 bits per heavy atom. The lowest BCUT2D eigenvalue weighted by Crippen LogP contribution is -1.96. The molecule has 2 rings (SSSR count). The van der Waals surface area contributed by atoms with E-state index < -0.39 is 0 Å². The van der Waals surface area contributed by atoms with Crippen molar-refractivity contribution < 1.29 is 0 Å². The maximum Gasteiger partial charge on any atom is 0.0618 e. The zero-order valence-corrected chi connectivity index (χ0v) is 11.9. The number of hydrogen-bond acceptors (Lipinski definition) is 2. The van der Waals surface area contributed by atoms with Gasteiger partial charge in [-0.25, -0.2) is 0 Å². The number of nitrogen functional groups attached to an aromatic ring is 1. The van der Waals surface area contributed by atoms with Crippen molar-refractivity contribution in [2.75, 3.05) is 11.1 Å². The van der Waals surface area contributed by atoms with Crippen molar-refractivity contribution in [3.63, 3.8) is 0 Å². The second-order valence-corrected chi connectivity index (χ2v) is 5.09. The van der Waals surface area contributed by atoms with Crippen molar-refractivity contribution >= 4 is 28.7 Å². The van der Waals surface area contributed by atoms with Gasteiger partial charge < -0.3 is 11.1 Å². The van der Waals surface area contributed by atoms with E-state index in [4.69, 9.17) is 17.3 Å². The highest BCUT2D eigenvalue weighted by molar-refractivity contribution is 6.31. The summed E-state index contributed by atoms with van der Waals surface area (Å²) in [5.41, 5.74) is 9.86. The molecule has 0 saturated heterocycles. The third-order valence-electron chi connectivity index (χ3n) is 3.07. The number of unbranched alkanes of at least 4 members (excludes halogenated alkanes) is 1. The van der Waals surface area contributed by atoms with Gasteiger partial charge in [-0.2, -0.15) is 0 Å². The standard InChI is InChI=1S/C16H19ClN2/c1-2-3-4-12-5-8-14(9-6-12)19-16-10-7-13(17)11-15(16)18/h5-11,19H,2-4,18H2,1H3. The maximum atomic E-state index is 5.92. The van der Waals surface area contributed by atoms with Crippen molar-refractivity contribution in [2.45, 2.75) is 26.2 Å². The van der Waals surface area contributed by atoms with E-state index in [2.05, 4.69) is 36.5 Å². The van der Waals surface area contributed by atoms with E-state index in [1.807, 2.05) is 12.1 Å². The Labute approximate surface area is 119 Å². The molecular formula is C16H19ClN2. The van der Waals surface area contributed by atoms with Gasteiger partial charge in [0.1, 0.15) is 0 Å². The molecular weight excluding hydrogens is 256 g/mol. The topological polar surface area (TPSA) is 38.0 Å². The molecule has 0 aliphatic heterocycles. The molecule has 0 heterocycles. The predicted molar refractivity (Wildman–Crippen MR) is 84.2 cm³/mol. The number of anilines is 3. The monoisotopic (exact) mass is 274 g/mol. The van der Waals surface area contributed by atoms with Crippen molar-refractivity contribution in [2.24, 2.45) is 0 Å². The van der Waals surface area contributed by atoms with E-state index >= 15 is 0 Å². The fourth-order valence-electron chi connectivity index (χ4n) is 1.94. The Morgan fingerprint density at radius 1 is 1.11 bits per heavy atom. The minimum absolute atomic E-state index is 0.651. The van der Waals surface area contributed by atoms with Crippen LogP contribution < -0.4 is 11.1 Å². The summed E-state index contributed by atoms with van der Waals surface area (Å²) < 4.78 is 0. The lowest BCUT2D eigenvalue weighted by molar-refractivity contribution is 0.795. The Balaban J connectivity index is 2.06. The first-order valence-corrected chi connectivity index (χ1v) is 6.98. The van der Waals surface area contributed by atoms with Crippen LogP contribution in [-0.2, 0) is 6.42 Å². The molecule has 0 unspecified atom stereocenters. The van der Waals surface area contributed by atoms with E-state index in [0.29, 0.717) is 10.7 Å².